The molecule has 0 aliphatic carbocycles. The number of hydrogen-bond acceptors (Lipinski definition) is 2. The fourth-order valence-corrected chi connectivity index (χ4v) is 1.95. The van der Waals surface area contributed by atoms with Crippen LogP contribution in [0.15, 0.2) is 0 Å². The van der Waals surface area contributed by atoms with Crippen LogP contribution in [0.4, 0.5) is 0 Å². The highest BCUT2D eigenvalue weighted by atomic mass is 16.1. The Hall–Kier alpha value is -0.370. The molecule has 0 aromatic carbocycles. The zero-order chi connectivity index (χ0) is 10.1. The van der Waals surface area contributed by atoms with E-state index in [0.29, 0.717) is 11.7 Å². The van der Waals surface area contributed by atoms with Crippen molar-refractivity contribution in [2.75, 3.05) is 13.1 Å². The van der Waals surface area contributed by atoms with Crippen LogP contribution < -0.4 is 0 Å². The molecule has 0 radical (unpaired) electrons. The summed E-state index contributed by atoms with van der Waals surface area (Å²) >= 11 is 0. The molecule has 1 heterocycles. The molecule has 0 aromatic heterocycles. The number of carbonyl (C=O) groups is 1. The van der Waals surface area contributed by atoms with E-state index in [0.717, 1.165) is 25.9 Å². The summed E-state index contributed by atoms with van der Waals surface area (Å²) in [6.45, 7) is 10.6. The smallest absolute Gasteiger partial charge is 0.152 e. The lowest BCUT2D eigenvalue weighted by atomic mass is 9.88. The molecule has 0 bridgehead atoms. The first-order chi connectivity index (χ1) is 5.94. The molecule has 0 spiro atoms. The standard InChI is InChI=1S/C11H21NO/c1-9(2)8-12-7-5-6-10(13)11(12,3)4/h9H,5-8H2,1-4H3. The number of ketones is 1. The van der Waals surface area contributed by atoms with E-state index < -0.39 is 0 Å². The van der Waals surface area contributed by atoms with Gasteiger partial charge in [0.15, 0.2) is 5.78 Å². The third kappa shape index (κ3) is 2.31. The van der Waals surface area contributed by atoms with Crippen molar-refractivity contribution in [3.63, 3.8) is 0 Å². The molecule has 0 atom stereocenters. The fraction of sp³-hybridized carbons (Fsp3) is 0.909. The molecule has 1 rings (SSSR count). The van der Waals surface area contributed by atoms with Crippen molar-refractivity contribution in [3.05, 3.63) is 0 Å². The summed E-state index contributed by atoms with van der Waals surface area (Å²) in [6.07, 6.45) is 1.80. The normalized spacial score (nSPS) is 23.9. The molecule has 1 saturated heterocycles. The van der Waals surface area contributed by atoms with Gasteiger partial charge in [-0.05, 0) is 32.7 Å². The van der Waals surface area contributed by atoms with Crippen LogP contribution in [-0.4, -0.2) is 29.3 Å². The Balaban J connectivity index is 2.66. The average Bonchev–Trinajstić information content (AvgIpc) is 1.99. The minimum absolute atomic E-state index is 0.220. The second-order valence-corrected chi connectivity index (χ2v) is 4.93. The van der Waals surface area contributed by atoms with E-state index in [4.69, 9.17) is 0 Å². The zero-order valence-corrected chi connectivity index (χ0v) is 9.26. The van der Waals surface area contributed by atoms with Crippen molar-refractivity contribution in [2.45, 2.75) is 46.1 Å². The van der Waals surface area contributed by atoms with E-state index in [9.17, 15) is 4.79 Å². The summed E-state index contributed by atoms with van der Waals surface area (Å²) in [5, 5.41) is 0. The van der Waals surface area contributed by atoms with Crippen LogP contribution in [-0.2, 0) is 4.79 Å². The van der Waals surface area contributed by atoms with Crippen molar-refractivity contribution in [1.82, 2.24) is 4.90 Å². The van der Waals surface area contributed by atoms with E-state index in [2.05, 4.69) is 32.6 Å². The maximum Gasteiger partial charge on any atom is 0.152 e. The SMILES string of the molecule is CC(C)CN1CCCC(=O)C1(C)C. The maximum atomic E-state index is 11.7. The molecule has 76 valence electrons. The predicted molar refractivity (Wildman–Crippen MR) is 54.7 cm³/mol. The van der Waals surface area contributed by atoms with E-state index in [1.807, 2.05) is 0 Å². The Morgan fingerprint density at radius 3 is 2.62 bits per heavy atom. The number of piperidine rings is 1. The van der Waals surface area contributed by atoms with Gasteiger partial charge in [0.25, 0.3) is 0 Å². The Morgan fingerprint density at radius 2 is 2.08 bits per heavy atom. The molecule has 0 unspecified atom stereocenters. The van der Waals surface area contributed by atoms with Crippen molar-refractivity contribution >= 4 is 5.78 Å². The first-order valence-corrected chi connectivity index (χ1v) is 5.23. The third-order valence-corrected chi connectivity index (χ3v) is 2.89. The van der Waals surface area contributed by atoms with Gasteiger partial charge in [-0.2, -0.15) is 0 Å². The second kappa shape index (κ2) is 3.79. The molecule has 1 fully saturated rings. The lowest BCUT2D eigenvalue weighted by molar-refractivity contribution is -0.133. The highest BCUT2D eigenvalue weighted by molar-refractivity contribution is 5.88. The Bertz CT molecular complexity index is 196. The van der Waals surface area contributed by atoms with Gasteiger partial charge in [-0.3, -0.25) is 9.69 Å². The summed E-state index contributed by atoms with van der Waals surface area (Å²) in [4.78, 5) is 14.0. The lowest BCUT2D eigenvalue weighted by Crippen LogP contribution is -2.54. The highest BCUT2D eigenvalue weighted by Gasteiger charge is 2.36. The van der Waals surface area contributed by atoms with Crippen molar-refractivity contribution < 1.29 is 4.79 Å². The molecular formula is C11H21NO. The van der Waals surface area contributed by atoms with E-state index in [1.54, 1.807) is 0 Å². The molecule has 0 aromatic rings. The van der Waals surface area contributed by atoms with Gasteiger partial charge in [0.1, 0.15) is 0 Å². The number of likely N-dealkylation sites (tertiary alicyclic amines) is 1. The van der Waals surface area contributed by atoms with E-state index in [1.165, 1.54) is 0 Å². The van der Waals surface area contributed by atoms with Gasteiger partial charge in [-0.25, -0.2) is 0 Å². The number of rotatable bonds is 2. The Morgan fingerprint density at radius 1 is 1.46 bits per heavy atom. The quantitative estimate of drug-likeness (QED) is 0.653. The van der Waals surface area contributed by atoms with Gasteiger partial charge in [0.2, 0.25) is 0 Å². The monoisotopic (exact) mass is 183 g/mol. The van der Waals surface area contributed by atoms with E-state index >= 15 is 0 Å². The summed E-state index contributed by atoms with van der Waals surface area (Å²) in [5.74, 6) is 1.05. The molecule has 0 N–H and O–H groups in total. The number of nitrogens with zero attached hydrogens (tertiary/aromatic N) is 1. The van der Waals surface area contributed by atoms with Crippen LogP contribution in [0.5, 0.6) is 0 Å². The molecule has 13 heavy (non-hydrogen) atoms. The van der Waals surface area contributed by atoms with Crippen LogP contribution >= 0.6 is 0 Å². The van der Waals surface area contributed by atoms with Crippen molar-refractivity contribution in [3.8, 4) is 0 Å². The Kier molecular flexibility index (Phi) is 3.12. The lowest BCUT2D eigenvalue weighted by Gasteiger charge is -2.41. The molecule has 1 aliphatic heterocycles. The topological polar surface area (TPSA) is 20.3 Å². The van der Waals surface area contributed by atoms with Gasteiger partial charge in [0, 0.05) is 13.0 Å². The zero-order valence-electron chi connectivity index (χ0n) is 9.26. The fourth-order valence-electron chi connectivity index (χ4n) is 1.95. The average molecular weight is 183 g/mol. The number of carbonyl (C=O) groups excluding carboxylic acids is 1. The summed E-state index contributed by atoms with van der Waals surface area (Å²) in [6, 6.07) is 0. The van der Waals surface area contributed by atoms with Crippen LogP contribution in [0.1, 0.15) is 40.5 Å². The van der Waals surface area contributed by atoms with Crippen molar-refractivity contribution in [2.24, 2.45) is 5.92 Å². The number of Topliss-reactive ketones (excluding diaryl/α,β-unsaturated/α-hetero) is 1. The molecule has 2 heteroatoms. The minimum Gasteiger partial charge on any atom is -0.298 e. The van der Waals surface area contributed by atoms with Gasteiger partial charge in [-0.15, -0.1) is 0 Å². The van der Waals surface area contributed by atoms with Gasteiger partial charge < -0.3 is 0 Å². The molecular weight excluding hydrogens is 162 g/mol. The summed E-state index contributed by atoms with van der Waals surface area (Å²) < 4.78 is 0. The first kappa shape index (κ1) is 10.7. The van der Waals surface area contributed by atoms with Crippen LogP contribution in [0.25, 0.3) is 0 Å². The predicted octanol–water partition coefficient (Wildman–Crippen LogP) is 2.09. The third-order valence-electron chi connectivity index (χ3n) is 2.89. The van der Waals surface area contributed by atoms with E-state index in [-0.39, 0.29) is 5.54 Å². The molecule has 0 saturated carbocycles. The summed E-state index contributed by atoms with van der Waals surface area (Å²) in [7, 11) is 0. The molecule has 1 aliphatic rings. The first-order valence-electron chi connectivity index (χ1n) is 5.23. The minimum atomic E-state index is -0.220. The maximum absolute atomic E-state index is 11.7. The second-order valence-electron chi connectivity index (χ2n) is 4.93. The molecule has 0 amide bonds. The largest absolute Gasteiger partial charge is 0.298 e. The highest BCUT2D eigenvalue weighted by Crippen LogP contribution is 2.24. The Labute approximate surface area is 81.3 Å². The van der Waals surface area contributed by atoms with Crippen LogP contribution in [0, 0.1) is 5.92 Å². The summed E-state index contributed by atoms with van der Waals surface area (Å²) in [5.41, 5.74) is -0.220. The van der Waals surface area contributed by atoms with Crippen molar-refractivity contribution in [1.29, 1.82) is 0 Å². The molecule has 2 nitrogen and oxygen atoms in total. The van der Waals surface area contributed by atoms with Gasteiger partial charge >= 0.3 is 0 Å². The van der Waals surface area contributed by atoms with Crippen LogP contribution in [0.2, 0.25) is 0 Å². The van der Waals surface area contributed by atoms with Gasteiger partial charge in [0.05, 0.1) is 5.54 Å². The number of hydrogen-bond donors (Lipinski definition) is 0. The van der Waals surface area contributed by atoms with Crippen LogP contribution in [0.3, 0.4) is 0 Å². The van der Waals surface area contributed by atoms with Gasteiger partial charge in [-0.1, -0.05) is 13.8 Å².